The summed E-state index contributed by atoms with van der Waals surface area (Å²) in [5.74, 6) is 0.528. The van der Waals surface area contributed by atoms with E-state index in [2.05, 4.69) is 30.4 Å². The molecule has 0 fully saturated rings. The Bertz CT molecular complexity index is 338. The van der Waals surface area contributed by atoms with Crippen molar-refractivity contribution in [3.63, 3.8) is 0 Å². The van der Waals surface area contributed by atoms with Gasteiger partial charge in [-0.05, 0) is 24.0 Å². The fourth-order valence-electron chi connectivity index (χ4n) is 1.53. The van der Waals surface area contributed by atoms with E-state index < -0.39 is 0 Å². The van der Waals surface area contributed by atoms with E-state index in [4.69, 9.17) is 11.6 Å². The summed E-state index contributed by atoms with van der Waals surface area (Å²) in [6.45, 7) is 0. The Balaban J connectivity index is 2.13. The highest BCUT2D eigenvalue weighted by Crippen LogP contribution is 2.21. The van der Waals surface area contributed by atoms with Crippen LogP contribution in [0.1, 0.15) is 5.56 Å². The van der Waals surface area contributed by atoms with E-state index in [9.17, 15) is 0 Å². The number of allylic oxidation sites excluding steroid dienone is 4. The van der Waals surface area contributed by atoms with Gasteiger partial charge in [-0.2, -0.15) is 0 Å². The molecule has 66 valence electrons. The largest absolute Gasteiger partial charge is 0.0840 e. The van der Waals surface area contributed by atoms with Gasteiger partial charge in [-0.15, -0.1) is 0 Å². The van der Waals surface area contributed by atoms with E-state index >= 15 is 0 Å². The quantitative estimate of drug-likeness (QED) is 0.668. The average Bonchev–Trinajstić information content (AvgIpc) is 2.61. The summed E-state index contributed by atoms with van der Waals surface area (Å²) in [6.07, 6.45) is 9.57. The van der Waals surface area contributed by atoms with Crippen LogP contribution in [0, 0.1) is 5.92 Å². The van der Waals surface area contributed by atoms with Crippen molar-refractivity contribution in [1.82, 2.24) is 0 Å². The first-order valence-corrected chi connectivity index (χ1v) is 4.82. The van der Waals surface area contributed by atoms with E-state index in [1.54, 1.807) is 0 Å². The molecule has 0 radical (unpaired) electrons. The number of hydrogen-bond acceptors (Lipinski definition) is 0. The Morgan fingerprint density at radius 3 is 2.46 bits per heavy atom. The van der Waals surface area contributed by atoms with Crippen molar-refractivity contribution in [3.8, 4) is 0 Å². The molecule has 0 amide bonds. The number of rotatable bonds is 2. The highest BCUT2D eigenvalue weighted by Gasteiger charge is 2.06. The third-order valence-corrected chi connectivity index (χ3v) is 2.61. The van der Waals surface area contributed by atoms with Crippen LogP contribution < -0.4 is 0 Å². The van der Waals surface area contributed by atoms with E-state index in [0.717, 1.165) is 11.4 Å². The molecule has 0 nitrogen and oxygen atoms in total. The zero-order valence-electron chi connectivity index (χ0n) is 7.28. The van der Waals surface area contributed by atoms with Gasteiger partial charge in [0, 0.05) is 5.02 Å². The first kappa shape index (κ1) is 8.58. The maximum atomic E-state index is 6.05. The first-order chi connectivity index (χ1) is 6.36. The highest BCUT2D eigenvalue weighted by molar-refractivity contribution is 6.31. The zero-order valence-corrected chi connectivity index (χ0v) is 8.04. The first-order valence-electron chi connectivity index (χ1n) is 4.44. The Morgan fingerprint density at radius 2 is 1.77 bits per heavy atom. The second-order valence-corrected chi connectivity index (χ2v) is 3.64. The van der Waals surface area contributed by atoms with Crippen LogP contribution in [0.25, 0.3) is 0 Å². The molecule has 0 heterocycles. The van der Waals surface area contributed by atoms with Gasteiger partial charge in [0.1, 0.15) is 0 Å². The molecule has 1 aliphatic carbocycles. The fraction of sp³-hybridized carbons (Fsp3) is 0.167. The molecule has 0 bridgehead atoms. The van der Waals surface area contributed by atoms with Crippen LogP contribution in [-0.2, 0) is 6.42 Å². The summed E-state index contributed by atoms with van der Waals surface area (Å²) in [6, 6.07) is 8.03. The Morgan fingerprint density at radius 1 is 1.08 bits per heavy atom. The van der Waals surface area contributed by atoms with Crippen LogP contribution in [0.3, 0.4) is 0 Å². The molecule has 0 aliphatic heterocycles. The number of halogens is 1. The van der Waals surface area contributed by atoms with Gasteiger partial charge in [-0.3, -0.25) is 0 Å². The summed E-state index contributed by atoms with van der Waals surface area (Å²) in [7, 11) is 0. The molecule has 0 saturated heterocycles. The smallest absolute Gasteiger partial charge is 0.0438 e. The Labute approximate surface area is 83.5 Å². The molecule has 0 aromatic heterocycles. The monoisotopic (exact) mass is 190 g/mol. The highest BCUT2D eigenvalue weighted by atomic mass is 35.5. The lowest BCUT2D eigenvalue weighted by Gasteiger charge is -2.06. The van der Waals surface area contributed by atoms with E-state index in [0.29, 0.717) is 5.92 Å². The maximum Gasteiger partial charge on any atom is 0.0438 e. The minimum Gasteiger partial charge on any atom is -0.0840 e. The molecule has 1 aromatic rings. The average molecular weight is 191 g/mol. The van der Waals surface area contributed by atoms with Crippen LogP contribution in [0.15, 0.2) is 48.6 Å². The standard InChI is InChI=1S/C12H11Cl/c13-12-8-4-3-7-11(12)9-10-5-1-2-6-10/h1-8,10H,9H2. The molecule has 0 unspecified atom stereocenters. The van der Waals surface area contributed by atoms with Gasteiger partial charge in [0.05, 0.1) is 0 Å². The van der Waals surface area contributed by atoms with Crippen molar-refractivity contribution in [2.75, 3.05) is 0 Å². The summed E-state index contributed by atoms with van der Waals surface area (Å²) in [4.78, 5) is 0. The molecule has 0 N–H and O–H groups in total. The minimum atomic E-state index is 0.528. The zero-order chi connectivity index (χ0) is 9.10. The normalized spacial score (nSPS) is 15.5. The summed E-state index contributed by atoms with van der Waals surface area (Å²) < 4.78 is 0. The summed E-state index contributed by atoms with van der Waals surface area (Å²) >= 11 is 6.05. The van der Waals surface area contributed by atoms with E-state index in [1.165, 1.54) is 5.56 Å². The van der Waals surface area contributed by atoms with Crippen LogP contribution >= 0.6 is 11.6 Å². The van der Waals surface area contributed by atoms with Crippen LogP contribution in [0.2, 0.25) is 5.02 Å². The summed E-state index contributed by atoms with van der Waals surface area (Å²) in [5.41, 5.74) is 1.23. The molecule has 1 aromatic carbocycles. The van der Waals surface area contributed by atoms with Crippen LogP contribution in [0.4, 0.5) is 0 Å². The van der Waals surface area contributed by atoms with Crippen LogP contribution in [-0.4, -0.2) is 0 Å². The van der Waals surface area contributed by atoms with Gasteiger partial charge in [0.15, 0.2) is 0 Å². The summed E-state index contributed by atoms with van der Waals surface area (Å²) in [5, 5.41) is 0.871. The second-order valence-electron chi connectivity index (χ2n) is 3.23. The van der Waals surface area contributed by atoms with E-state index in [-0.39, 0.29) is 0 Å². The van der Waals surface area contributed by atoms with Gasteiger partial charge >= 0.3 is 0 Å². The molecule has 1 heteroatoms. The predicted octanol–water partition coefficient (Wildman–Crippen LogP) is 3.62. The Hall–Kier alpha value is -1.01. The van der Waals surface area contributed by atoms with Gasteiger partial charge in [-0.25, -0.2) is 0 Å². The van der Waals surface area contributed by atoms with Crippen molar-refractivity contribution < 1.29 is 0 Å². The third kappa shape index (κ3) is 2.02. The van der Waals surface area contributed by atoms with Crippen molar-refractivity contribution in [3.05, 3.63) is 59.2 Å². The lowest BCUT2D eigenvalue weighted by atomic mass is 10.0. The number of hydrogen-bond donors (Lipinski definition) is 0. The molecule has 13 heavy (non-hydrogen) atoms. The molecular weight excluding hydrogens is 180 g/mol. The predicted molar refractivity (Wildman–Crippen MR) is 56.9 cm³/mol. The molecule has 2 rings (SSSR count). The SMILES string of the molecule is Clc1ccccc1CC1C=CC=C1. The molecule has 0 atom stereocenters. The molecule has 0 saturated carbocycles. The van der Waals surface area contributed by atoms with Gasteiger partial charge in [0.2, 0.25) is 0 Å². The van der Waals surface area contributed by atoms with Crippen molar-refractivity contribution in [2.24, 2.45) is 5.92 Å². The maximum absolute atomic E-state index is 6.05. The van der Waals surface area contributed by atoms with E-state index in [1.807, 2.05) is 18.2 Å². The van der Waals surface area contributed by atoms with Crippen molar-refractivity contribution in [2.45, 2.75) is 6.42 Å². The van der Waals surface area contributed by atoms with Crippen molar-refractivity contribution in [1.29, 1.82) is 0 Å². The van der Waals surface area contributed by atoms with Gasteiger partial charge in [-0.1, -0.05) is 54.1 Å². The van der Waals surface area contributed by atoms with Crippen LogP contribution in [0.5, 0.6) is 0 Å². The molecular formula is C12H11Cl. The lowest BCUT2D eigenvalue weighted by molar-refractivity contribution is 0.816. The third-order valence-electron chi connectivity index (χ3n) is 2.24. The number of benzene rings is 1. The lowest BCUT2D eigenvalue weighted by Crippen LogP contribution is -1.95. The van der Waals surface area contributed by atoms with Gasteiger partial charge in [0.25, 0.3) is 0 Å². The molecule has 1 aliphatic rings. The van der Waals surface area contributed by atoms with Gasteiger partial charge < -0.3 is 0 Å². The fourth-order valence-corrected chi connectivity index (χ4v) is 1.74. The topological polar surface area (TPSA) is 0 Å². The van der Waals surface area contributed by atoms with Crippen molar-refractivity contribution >= 4 is 11.6 Å². The molecule has 0 spiro atoms. The minimum absolute atomic E-state index is 0.528. The Kier molecular flexibility index (Phi) is 2.51. The second kappa shape index (κ2) is 3.80.